The average molecular weight is 198 g/mol. The molecule has 0 atom stereocenters. The monoisotopic (exact) mass is 198 g/mol. The number of aromatic carboxylic acids is 1. The van der Waals surface area contributed by atoms with Crippen molar-refractivity contribution < 1.29 is 19.0 Å². The van der Waals surface area contributed by atoms with Gasteiger partial charge in [-0.25, -0.2) is 9.18 Å². The molecule has 0 spiro atoms. The van der Waals surface area contributed by atoms with Crippen LogP contribution in [0.15, 0.2) is 12.1 Å². The lowest BCUT2D eigenvalue weighted by Gasteiger charge is -2.07. The van der Waals surface area contributed by atoms with Crippen LogP contribution in [0.5, 0.6) is 5.75 Å². The topological polar surface area (TPSA) is 46.5 Å². The van der Waals surface area contributed by atoms with E-state index in [1.54, 1.807) is 13.8 Å². The first kappa shape index (κ1) is 10.5. The second-order valence-electron chi connectivity index (χ2n) is 2.86. The molecule has 0 heterocycles. The van der Waals surface area contributed by atoms with E-state index in [1.807, 2.05) is 0 Å². The van der Waals surface area contributed by atoms with Gasteiger partial charge < -0.3 is 9.84 Å². The number of carbonyl (C=O) groups is 1. The average Bonchev–Trinajstić information content (AvgIpc) is 2.10. The first-order chi connectivity index (χ1) is 6.56. The molecular formula is C10H11FO3. The van der Waals surface area contributed by atoms with Gasteiger partial charge in [0, 0.05) is 0 Å². The van der Waals surface area contributed by atoms with Gasteiger partial charge in [0.1, 0.15) is 0 Å². The number of rotatable bonds is 3. The summed E-state index contributed by atoms with van der Waals surface area (Å²) < 4.78 is 18.4. The summed E-state index contributed by atoms with van der Waals surface area (Å²) in [4.78, 5) is 10.6. The third-order valence-electron chi connectivity index (χ3n) is 1.71. The molecule has 4 heteroatoms. The zero-order valence-corrected chi connectivity index (χ0v) is 8.00. The Labute approximate surface area is 81.1 Å². The molecule has 14 heavy (non-hydrogen) atoms. The third-order valence-corrected chi connectivity index (χ3v) is 1.71. The molecular weight excluding hydrogens is 187 g/mol. The maximum Gasteiger partial charge on any atom is 0.338 e. The summed E-state index contributed by atoms with van der Waals surface area (Å²) in [6.45, 7) is 3.70. The predicted molar refractivity (Wildman–Crippen MR) is 49.3 cm³/mol. The van der Waals surface area contributed by atoms with Crippen molar-refractivity contribution in [2.45, 2.75) is 13.8 Å². The highest BCUT2D eigenvalue weighted by molar-refractivity contribution is 5.88. The number of ether oxygens (including phenoxy) is 1. The summed E-state index contributed by atoms with van der Waals surface area (Å²) in [5, 5.41) is 8.69. The normalized spacial score (nSPS) is 9.93. The van der Waals surface area contributed by atoms with Crippen molar-refractivity contribution in [3.8, 4) is 5.75 Å². The van der Waals surface area contributed by atoms with Gasteiger partial charge in [0.05, 0.1) is 12.2 Å². The number of aryl methyl sites for hydroxylation is 1. The summed E-state index contributed by atoms with van der Waals surface area (Å²) in [5.74, 6) is -2.11. The molecule has 1 rings (SSSR count). The molecule has 1 aromatic rings. The lowest BCUT2D eigenvalue weighted by atomic mass is 10.1. The molecule has 1 aromatic carbocycles. The Morgan fingerprint density at radius 3 is 2.71 bits per heavy atom. The van der Waals surface area contributed by atoms with Crippen LogP contribution >= 0.6 is 0 Å². The minimum atomic E-state index is -1.29. The van der Waals surface area contributed by atoms with Gasteiger partial charge in [0.15, 0.2) is 11.6 Å². The van der Waals surface area contributed by atoms with E-state index in [9.17, 15) is 9.18 Å². The van der Waals surface area contributed by atoms with E-state index in [0.29, 0.717) is 12.2 Å². The van der Waals surface area contributed by atoms with Crippen molar-refractivity contribution in [3.05, 3.63) is 29.1 Å². The smallest absolute Gasteiger partial charge is 0.338 e. The Morgan fingerprint density at radius 1 is 1.57 bits per heavy atom. The fourth-order valence-electron chi connectivity index (χ4n) is 1.15. The van der Waals surface area contributed by atoms with E-state index in [2.05, 4.69) is 0 Å². The largest absolute Gasteiger partial charge is 0.491 e. The van der Waals surface area contributed by atoms with Crippen molar-refractivity contribution in [1.82, 2.24) is 0 Å². The molecule has 0 amide bonds. The first-order valence-corrected chi connectivity index (χ1v) is 4.22. The van der Waals surface area contributed by atoms with Crippen molar-refractivity contribution >= 4 is 5.97 Å². The number of benzene rings is 1. The highest BCUT2D eigenvalue weighted by Crippen LogP contribution is 2.22. The van der Waals surface area contributed by atoms with Crippen molar-refractivity contribution in [3.63, 3.8) is 0 Å². The Hall–Kier alpha value is -1.58. The molecule has 0 aliphatic heterocycles. The molecule has 0 aromatic heterocycles. The Balaban J connectivity index is 3.24. The van der Waals surface area contributed by atoms with Crippen LogP contribution in [0, 0.1) is 12.7 Å². The number of carboxylic acids is 1. The fourth-order valence-corrected chi connectivity index (χ4v) is 1.15. The Bertz CT molecular complexity index is 361. The van der Waals surface area contributed by atoms with E-state index in [-0.39, 0.29) is 11.3 Å². The zero-order valence-electron chi connectivity index (χ0n) is 8.00. The van der Waals surface area contributed by atoms with Gasteiger partial charge in [0.2, 0.25) is 0 Å². The number of hydrogen-bond donors (Lipinski definition) is 1. The molecule has 0 bridgehead atoms. The van der Waals surface area contributed by atoms with Gasteiger partial charge in [-0.1, -0.05) is 0 Å². The van der Waals surface area contributed by atoms with Crippen LogP contribution in [0.25, 0.3) is 0 Å². The van der Waals surface area contributed by atoms with Gasteiger partial charge in [-0.05, 0) is 31.5 Å². The first-order valence-electron chi connectivity index (χ1n) is 4.22. The van der Waals surface area contributed by atoms with E-state index < -0.39 is 11.8 Å². The Kier molecular flexibility index (Phi) is 3.06. The molecule has 0 radical (unpaired) electrons. The van der Waals surface area contributed by atoms with Gasteiger partial charge in [-0.2, -0.15) is 0 Å². The molecule has 0 aliphatic carbocycles. The van der Waals surface area contributed by atoms with Crippen LogP contribution in [-0.4, -0.2) is 17.7 Å². The van der Waals surface area contributed by atoms with Gasteiger partial charge >= 0.3 is 5.97 Å². The quantitative estimate of drug-likeness (QED) is 0.810. The summed E-state index contributed by atoms with van der Waals surface area (Å²) in [7, 11) is 0. The summed E-state index contributed by atoms with van der Waals surface area (Å²) in [5.41, 5.74) is 0.306. The number of halogens is 1. The SMILES string of the molecule is CCOc1cc(C)cc(C(=O)O)c1F. The number of hydrogen-bond acceptors (Lipinski definition) is 2. The molecule has 3 nitrogen and oxygen atoms in total. The third kappa shape index (κ3) is 2.02. The fraction of sp³-hybridized carbons (Fsp3) is 0.300. The van der Waals surface area contributed by atoms with E-state index in [1.165, 1.54) is 12.1 Å². The Morgan fingerprint density at radius 2 is 2.21 bits per heavy atom. The van der Waals surface area contributed by atoms with Crippen LogP contribution in [-0.2, 0) is 0 Å². The second kappa shape index (κ2) is 4.09. The van der Waals surface area contributed by atoms with Crippen molar-refractivity contribution in [2.24, 2.45) is 0 Å². The van der Waals surface area contributed by atoms with E-state index in [0.717, 1.165) is 0 Å². The van der Waals surface area contributed by atoms with E-state index in [4.69, 9.17) is 9.84 Å². The highest BCUT2D eigenvalue weighted by atomic mass is 19.1. The molecule has 1 N–H and O–H groups in total. The standard InChI is InChI=1S/C10H11FO3/c1-3-14-8-5-6(2)4-7(9(8)11)10(12)13/h4-5H,3H2,1-2H3,(H,12,13). The second-order valence-corrected chi connectivity index (χ2v) is 2.86. The predicted octanol–water partition coefficient (Wildman–Crippen LogP) is 2.23. The molecule has 0 fully saturated rings. The van der Waals surface area contributed by atoms with Gasteiger partial charge in [0.25, 0.3) is 0 Å². The van der Waals surface area contributed by atoms with Crippen molar-refractivity contribution in [1.29, 1.82) is 0 Å². The summed E-state index contributed by atoms with van der Waals surface area (Å²) in [6, 6.07) is 2.76. The maximum absolute atomic E-state index is 13.4. The van der Waals surface area contributed by atoms with E-state index >= 15 is 0 Å². The lowest BCUT2D eigenvalue weighted by Crippen LogP contribution is -2.04. The minimum absolute atomic E-state index is 0.00935. The van der Waals surface area contributed by atoms with Crippen LogP contribution < -0.4 is 4.74 Å². The molecule has 0 saturated heterocycles. The maximum atomic E-state index is 13.4. The van der Waals surface area contributed by atoms with Gasteiger partial charge in [-0.15, -0.1) is 0 Å². The molecule has 76 valence electrons. The molecule has 0 aliphatic rings. The van der Waals surface area contributed by atoms with Crippen LogP contribution in [0.2, 0.25) is 0 Å². The summed E-state index contributed by atoms with van der Waals surface area (Å²) in [6.07, 6.45) is 0. The zero-order chi connectivity index (χ0) is 10.7. The highest BCUT2D eigenvalue weighted by Gasteiger charge is 2.15. The lowest BCUT2D eigenvalue weighted by molar-refractivity contribution is 0.0690. The van der Waals surface area contributed by atoms with Crippen LogP contribution in [0.1, 0.15) is 22.8 Å². The molecule has 0 unspecified atom stereocenters. The van der Waals surface area contributed by atoms with Crippen LogP contribution in [0.3, 0.4) is 0 Å². The summed E-state index contributed by atoms with van der Waals surface area (Å²) >= 11 is 0. The molecule has 0 saturated carbocycles. The van der Waals surface area contributed by atoms with Gasteiger partial charge in [-0.3, -0.25) is 0 Å². The van der Waals surface area contributed by atoms with Crippen LogP contribution in [0.4, 0.5) is 4.39 Å². The van der Waals surface area contributed by atoms with Crippen molar-refractivity contribution in [2.75, 3.05) is 6.61 Å². The number of carboxylic acid groups (broad SMARTS) is 1. The minimum Gasteiger partial charge on any atom is -0.491 e.